The van der Waals surface area contributed by atoms with Crippen LogP contribution < -0.4 is 0 Å². The van der Waals surface area contributed by atoms with Gasteiger partial charge in [-0.1, -0.05) is 30.3 Å². The molecule has 0 aliphatic carbocycles. The van der Waals surface area contributed by atoms with Crippen LogP contribution in [0.1, 0.15) is 17.4 Å². The number of hydrogen-bond donors (Lipinski definition) is 0. The Bertz CT molecular complexity index is 654. The van der Waals surface area contributed by atoms with Gasteiger partial charge in [-0.05, 0) is 12.1 Å². The molecule has 0 aliphatic rings. The minimum atomic E-state index is -0.400. The summed E-state index contributed by atoms with van der Waals surface area (Å²) in [5.74, 6) is -1.05. The summed E-state index contributed by atoms with van der Waals surface area (Å²) in [5.41, 5.74) is 1.04. The Kier molecular flexibility index (Phi) is 4.88. The number of carbonyl (C=O) groups excluding carboxylic acids is 2. The van der Waals surface area contributed by atoms with Crippen molar-refractivity contribution in [3.05, 3.63) is 42.2 Å². The van der Waals surface area contributed by atoms with Gasteiger partial charge in [0.15, 0.2) is 5.69 Å². The Labute approximate surface area is 128 Å². The number of methoxy groups -OCH3 is 1. The molecule has 7 heteroatoms. The van der Waals surface area contributed by atoms with Crippen LogP contribution in [0.4, 0.5) is 0 Å². The first kappa shape index (κ1) is 15.7. The van der Waals surface area contributed by atoms with E-state index in [0.29, 0.717) is 0 Å². The van der Waals surface area contributed by atoms with Crippen molar-refractivity contribution in [2.45, 2.75) is 6.92 Å². The second-order valence-electron chi connectivity index (χ2n) is 4.99. The lowest BCUT2D eigenvalue weighted by atomic mass is 10.1. The molecule has 1 aromatic carbocycles. The van der Waals surface area contributed by atoms with Crippen molar-refractivity contribution < 1.29 is 14.3 Å². The highest BCUT2D eigenvalue weighted by molar-refractivity contribution is 5.92. The smallest absolute Gasteiger partial charge is 0.310 e. The number of benzene rings is 1. The fraction of sp³-hybridized carbons (Fsp3) is 0.333. The Hall–Kier alpha value is -2.70. The third kappa shape index (κ3) is 3.49. The maximum absolute atomic E-state index is 12.3. The quantitative estimate of drug-likeness (QED) is 0.774. The van der Waals surface area contributed by atoms with E-state index in [2.05, 4.69) is 15.0 Å². The number of para-hydroxylation sites is 1. The summed E-state index contributed by atoms with van der Waals surface area (Å²) in [6.07, 6.45) is 1.57. The molecule has 0 radical (unpaired) electrons. The lowest BCUT2D eigenvalue weighted by Gasteiger charge is -2.18. The van der Waals surface area contributed by atoms with Crippen LogP contribution in [0.15, 0.2) is 36.5 Å². The molecule has 1 unspecified atom stereocenters. The number of amides is 1. The van der Waals surface area contributed by atoms with Crippen molar-refractivity contribution in [2.75, 3.05) is 20.7 Å². The van der Waals surface area contributed by atoms with Gasteiger partial charge >= 0.3 is 5.97 Å². The number of rotatable bonds is 5. The van der Waals surface area contributed by atoms with Gasteiger partial charge < -0.3 is 9.64 Å². The summed E-state index contributed by atoms with van der Waals surface area (Å²) in [5, 5.41) is 7.84. The molecular formula is C15H18N4O3. The predicted octanol–water partition coefficient (Wildman–Crippen LogP) is 1.15. The second kappa shape index (κ2) is 6.84. The summed E-state index contributed by atoms with van der Waals surface area (Å²) in [7, 11) is 2.94. The molecule has 7 nitrogen and oxygen atoms in total. The molecule has 2 rings (SSSR count). The van der Waals surface area contributed by atoms with Crippen LogP contribution in [0.25, 0.3) is 5.69 Å². The predicted molar refractivity (Wildman–Crippen MR) is 79.5 cm³/mol. The van der Waals surface area contributed by atoms with E-state index in [4.69, 9.17) is 0 Å². The van der Waals surface area contributed by atoms with Crippen LogP contribution in [0.3, 0.4) is 0 Å². The van der Waals surface area contributed by atoms with Gasteiger partial charge in [-0.3, -0.25) is 9.59 Å². The Balaban J connectivity index is 2.07. The van der Waals surface area contributed by atoms with Crippen LogP contribution in [0, 0.1) is 5.92 Å². The minimum Gasteiger partial charge on any atom is -0.469 e. The number of carbonyl (C=O) groups is 2. The van der Waals surface area contributed by atoms with Gasteiger partial charge in [0.2, 0.25) is 0 Å². The highest BCUT2D eigenvalue weighted by Gasteiger charge is 2.21. The van der Waals surface area contributed by atoms with E-state index in [-0.39, 0.29) is 24.1 Å². The first-order valence-corrected chi connectivity index (χ1v) is 6.84. The topological polar surface area (TPSA) is 77.3 Å². The lowest BCUT2D eigenvalue weighted by molar-refractivity contribution is -0.145. The van der Waals surface area contributed by atoms with Crippen molar-refractivity contribution in [1.29, 1.82) is 0 Å². The lowest BCUT2D eigenvalue weighted by Crippen LogP contribution is -2.34. The van der Waals surface area contributed by atoms with Gasteiger partial charge in [-0.2, -0.15) is 0 Å². The monoisotopic (exact) mass is 302 g/mol. The largest absolute Gasteiger partial charge is 0.469 e. The molecule has 0 aliphatic heterocycles. The van der Waals surface area contributed by atoms with Gasteiger partial charge in [0.25, 0.3) is 5.91 Å². The first-order valence-electron chi connectivity index (χ1n) is 6.84. The molecule has 116 valence electrons. The Morgan fingerprint density at radius 1 is 1.32 bits per heavy atom. The zero-order valence-corrected chi connectivity index (χ0v) is 12.8. The van der Waals surface area contributed by atoms with Crippen molar-refractivity contribution in [2.24, 2.45) is 5.92 Å². The zero-order chi connectivity index (χ0) is 16.1. The van der Waals surface area contributed by atoms with Crippen LogP contribution >= 0.6 is 0 Å². The van der Waals surface area contributed by atoms with Gasteiger partial charge in [0.1, 0.15) is 0 Å². The van der Waals surface area contributed by atoms with Crippen molar-refractivity contribution in [1.82, 2.24) is 19.9 Å². The molecular weight excluding hydrogens is 284 g/mol. The number of nitrogens with zero attached hydrogens (tertiary/aromatic N) is 4. The molecule has 0 bridgehead atoms. The van der Waals surface area contributed by atoms with E-state index in [9.17, 15) is 9.59 Å². The average molecular weight is 302 g/mol. The molecule has 1 aromatic heterocycles. The molecule has 0 spiro atoms. The molecule has 2 aromatic rings. The number of esters is 1. The van der Waals surface area contributed by atoms with Gasteiger partial charge in [0, 0.05) is 13.6 Å². The van der Waals surface area contributed by atoms with Crippen molar-refractivity contribution >= 4 is 11.9 Å². The van der Waals surface area contributed by atoms with E-state index in [0.717, 1.165) is 5.69 Å². The normalized spacial score (nSPS) is 11.8. The molecule has 0 fully saturated rings. The van der Waals surface area contributed by atoms with E-state index >= 15 is 0 Å². The highest BCUT2D eigenvalue weighted by atomic mass is 16.5. The molecule has 1 heterocycles. The fourth-order valence-corrected chi connectivity index (χ4v) is 2.03. The number of aromatic nitrogens is 3. The minimum absolute atomic E-state index is 0.225. The molecule has 0 saturated carbocycles. The Morgan fingerprint density at radius 3 is 2.64 bits per heavy atom. The third-order valence-electron chi connectivity index (χ3n) is 3.23. The SMILES string of the molecule is COC(=O)C(C)CN(C)C(=O)c1cn(-c2ccccc2)nn1. The zero-order valence-electron chi connectivity index (χ0n) is 12.8. The summed E-state index contributed by atoms with van der Waals surface area (Å²) in [6.45, 7) is 1.96. The number of hydrogen-bond acceptors (Lipinski definition) is 5. The summed E-state index contributed by atoms with van der Waals surface area (Å²) < 4.78 is 6.18. The van der Waals surface area contributed by atoms with Gasteiger partial charge in [-0.15, -0.1) is 5.10 Å². The average Bonchev–Trinajstić information content (AvgIpc) is 3.03. The summed E-state index contributed by atoms with van der Waals surface area (Å²) >= 11 is 0. The fourth-order valence-electron chi connectivity index (χ4n) is 2.03. The standard InChI is InChI=1S/C15H18N4O3/c1-11(15(21)22-3)9-18(2)14(20)13-10-19(17-16-13)12-7-5-4-6-8-12/h4-8,10-11H,9H2,1-3H3. The van der Waals surface area contributed by atoms with E-state index in [1.165, 1.54) is 16.7 Å². The molecule has 1 atom stereocenters. The second-order valence-corrected chi connectivity index (χ2v) is 4.99. The molecule has 1 amide bonds. The number of ether oxygens (including phenoxy) is 1. The summed E-state index contributed by atoms with van der Waals surface area (Å²) in [6, 6.07) is 9.39. The Morgan fingerprint density at radius 2 is 2.00 bits per heavy atom. The van der Waals surface area contributed by atoms with Gasteiger partial charge in [-0.25, -0.2) is 4.68 Å². The third-order valence-corrected chi connectivity index (χ3v) is 3.23. The maximum Gasteiger partial charge on any atom is 0.310 e. The first-order chi connectivity index (χ1) is 10.5. The molecule has 0 N–H and O–H groups in total. The van der Waals surface area contributed by atoms with E-state index in [1.807, 2.05) is 30.3 Å². The maximum atomic E-state index is 12.3. The van der Waals surface area contributed by atoms with Crippen LogP contribution in [0.2, 0.25) is 0 Å². The molecule has 22 heavy (non-hydrogen) atoms. The van der Waals surface area contributed by atoms with Crippen LogP contribution in [-0.4, -0.2) is 52.5 Å². The van der Waals surface area contributed by atoms with E-state index in [1.54, 1.807) is 20.2 Å². The van der Waals surface area contributed by atoms with Crippen molar-refractivity contribution in [3.63, 3.8) is 0 Å². The van der Waals surface area contributed by atoms with Crippen LogP contribution in [0.5, 0.6) is 0 Å². The van der Waals surface area contributed by atoms with E-state index < -0.39 is 5.92 Å². The van der Waals surface area contributed by atoms with Crippen molar-refractivity contribution in [3.8, 4) is 5.69 Å². The molecule has 0 saturated heterocycles. The summed E-state index contributed by atoms with van der Waals surface area (Å²) in [4.78, 5) is 25.1. The highest BCUT2D eigenvalue weighted by Crippen LogP contribution is 2.08. The van der Waals surface area contributed by atoms with Gasteiger partial charge in [0.05, 0.1) is 24.9 Å². The van der Waals surface area contributed by atoms with Crippen LogP contribution in [-0.2, 0) is 9.53 Å².